The van der Waals surface area contributed by atoms with E-state index < -0.39 is 0 Å². The van der Waals surface area contributed by atoms with Gasteiger partial charge in [-0.2, -0.15) is 5.26 Å². The fraction of sp³-hybridized carbons (Fsp3) is 0.583. The summed E-state index contributed by atoms with van der Waals surface area (Å²) in [6, 6.07) is 4.47. The molecule has 0 bridgehead atoms. The highest BCUT2D eigenvalue weighted by molar-refractivity contribution is 5.22. The number of piperidine rings is 1. The molecule has 0 aromatic carbocycles. The number of likely N-dealkylation sites (tertiary alicyclic amines) is 1. The summed E-state index contributed by atoms with van der Waals surface area (Å²) < 4.78 is 0. The van der Waals surface area contributed by atoms with Crippen LogP contribution in [0.4, 0.5) is 0 Å². The molecule has 1 unspecified atom stereocenters. The second-order valence-corrected chi connectivity index (χ2v) is 4.39. The average molecular weight is 203 g/mol. The second-order valence-electron chi connectivity index (χ2n) is 4.39. The van der Waals surface area contributed by atoms with E-state index in [1.807, 2.05) is 18.5 Å². The molecule has 1 saturated heterocycles. The van der Waals surface area contributed by atoms with Gasteiger partial charge in [0, 0.05) is 12.4 Å². The van der Waals surface area contributed by atoms with Crippen LogP contribution in [0, 0.1) is 17.2 Å². The molecule has 2 heterocycles. The van der Waals surface area contributed by atoms with Gasteiger partial charge in [-0.05, 0) is 50.5 Å². The molecule has 1 aromatic rings. The molecule has 2 rings (SSSR count). The number of aromatic amines is 1. The highest BCUT2D eigenvalue weighted by Crippen LogP contribution is 2.31. The molecule has 0 aliphatic carbocycles. The highest BCUT2D eigenvalue weighted by atomic mass is 15.1. The number of H-pyrrole nitrogens is 1. The maximum absolute atomic E-state index is 9.24. The van der Waals surface area contributed by atoms with E-state index in [-0.39, 0.29) is 5.92 Å². The summed E-state index contributed by atoms with van der Waals surface area (Å²) in [4.78, 5) is 5.37. The first-order valence-electron chi connectivity index (χ1n) is 5.52. The van der Waals surface area contributed by atoms with Crippen molar-refractivity contribution in [3.63, 3.8) is 0 Å². The number of rotatable bonds is 2. The van der Waals surface area contributed by atoms with Crippen molar-refractivity contribution in [1.82, 2.24) is 9.88 Å². The minimum Gasteiger partial charge on any atom is -0.367 e. The molecule has 0 amide bonds. The van der Waals surface area contributed by atoms with E-state index in [0.29, 0.717) is 5.92 Å². The zero-order valence-electron chi connectivity index (χ0n) is 9.11. The number of nitrogens with zero attached hydrogens (tertiary/aromatic N) is 2. The summed E-state index contributed by atoms with van der Waals surface area (Å²) in [5.41, 5.74) is 1.15. The van der Waals surface area contributed by atoms with Gasteiger partial charge in [0.1, 0.15) is 0 Å². The normalized spacial score (nSPS) is 21.1. The van der Waals surface area contributed by atoms with Crippen LogP contribution in [-0.4, -0.2) is 30.0 Å². The molecule has 1 aliphatic rings. The maximum Gasteiger partial charge on any atom is 0.0756 e. The van der Waals surface area contributed by atoms with Crippen molar-refractivity contribution >= 4 is 0 Å². The van der Waals surface area contributed by atoms with E-state index in [1.54, 1.807) is 0 Å². The lowest BCUT2D eigenvalue weighted by atomic mass is 9.82. The van der Waals surface area contributed by atoms with Gasteiger partial charge in [0.05, 0.1) is 12.0 Å². The monoisotopic (exact) mass is 203 g/mol. The highest BCUT2D eigenvalue weighted by Gasteiger charge is 2.26. The van der Waals surface area contributed by atoms with Crippen LogP contribution >= 0.6 is 0 Å². The standard InChI is InChI=1S/C12H17N3/c1-15-6-3-10(4-7-15)12(8-13)11-2-5-14-9-11/h2,5,9-10,12,14H,3-4,6-7H2,1H3. The molecule has 1 N–H and O–H groups in total. The minimum absolute atomic E-state index is 0.0740. The first-order valence-corrected chi connectivity index (χ1v) is 5.52. The lowest BCUT2D eigenvalue weighted by molar-refractivity contribution is 0.210. The lowest BCUT2D eigenvalue weighted by Gasteiger charge is -2.31. The molecular formula is C12H17N3. The van der Waals surface area contributed by atoms with Gasteiger partial charge >= 0.3 is 0 Å². The number of hydrogen-bond donors (Lipinski definition) is 1. The molecule has 15 heavy (non-hydrogen) atoms. The fourth-order valence-electron chi connectivity index (χ4n) is 2.34. The van der Waals surface area contributed by atoms with Crippen LogP contribution in [0.5, 0.6) is 0 Å². The van der Waals surface area contributed by atoms with E-state index in [2.05, 4.69) is 23.0 Å². The van der Waals surface area contributed by atoms with Gasteiger partial charge in [-0.15, -0.1) is 0 Å². The quantitative estimate of drug-likeness (QED) is 0.798. The Kier molecular flexibility index (Phi) is 3.08. The van der Waals surface area contributed by atoms with Crippen molar-refractivity contribution in [3.05, 3.63) is 24.0 Å². The Morgan fingerprint density at radius 2 is 2.27 bits per heavy atom. The van der Waals surface area contributed by atoms with Crippen LogP contribution in [0.1, 0.15) is 24.3 Å². The predicted molar refractivity (Wildman–Crippen MR) is 59.4 cm³/mol. The van der Waals surface area contributed by atoms with E-state index >= 15 is 0 Å². The molecule has 3 heteroatoms. The van der Waals surface area contributed by atoms with Gasteiger partial charge in [0.25, 0.3) is 0 Å². The van der Waals surface area contributed by atoms with Crippen molar-refractivity contribution < 1.29 is 0 Å². The average Bonchev–Trinajstić information content (AvgIpc) is 2.75. The molecule has 1 aromatic heterocycles. The predicted octanol–water partition coefficient (Wildman–Crippen LogP) is 1.96. The topological polar surface area (TPSA) is 42.8 Å². The molecule has 1 fully saturated rings. The SMILES string of the molecule is CN1CCC(C(C#N)c2cc[nH]c2)CC1. The van der Waals surface area contributed by atoms with Crippen molar-refractivity contribution in [2.45, 2.75) is 18.8 Å². The van der Waals surface area contributed by atoms with Crippen LogP contribution < -0.4 is 0 Å². The van der Waals surface area contributed by atoms with Crippen molar-refractivity contribution in [3.8, 4) is 6.07 Å². The third-order valence-corrected chi connectivity index (χ3v) is 3.35. The van der Waals surface area contributed by atoms with Crippen LogP contribution in [-0.2, 0) is 0 Å². The van der Waals surface area contributed by atoms with Crippen LogP contribution in [0.15, 0.2) is 18.5 Å². The largest absolute Gasteiger partial charge is 0.367 e. The Morgan fingerprint density at radius 3 is 2.80 bits per heavy atom. The minimum atomic E-state index is 0.0740. The Bertz CT molecular complexity index is 328. The smallest absolute Gasteiger partial charge is 0.0756 e. The summed E-state index contributed by atoms with van der Waals surface area (Å²) in [6.07, 6.45) is 6.13. The molecule has 1 aliphatic heterocycles. The number of aromatic nitrogens is 1. The van der Waals surface area contributed by atoms with E-state index in [4.69, 9.17) is 0 Å². The Morgan fingerprint density at radius 1 is 1.53 bits per heavy atom. The Hall–Kier alpha value is -1.27. The zero-order chi connectivity index (χ0) is 10.7. The van der Waals surface area contributed by atoms with Gasteiger partial charge in [0.15, 0.2) is 0 Å². The molecule has 1 atom stereocenters. The molecule has 0 spiro atoms. The molecular weight excluding hydrogens is 186 g/mol. The van der Waals surface area contributed by atoms with Crippen molar-refractivity contribution in [2.24, 2.45) is 5.92 Å². The summed E-state index contributed by atoms with van der Waals surface area (Å²) >= 11 is 0. The van der Waals surface area contributed by atoms with Gasteiger partial charge in [-0.25, -0.2) is 0 Å². The van der Waals surface area contributed by atoms with Crippen molar-refractivity contribution in [1.29, 1.82) is 5.26 Å². The number of nitriles is 1. The van der Waals surface area contributed by atoms with Gasteiger partial charge in [0.2, 0.25) is 0 Å². The van der Waals surface area contributed by atoms with Crippen LogP contribution in [0.3, 0.4) is 0 Å². The third-order valence-electron chi connectivity index (χ3n) is 3.35. The van der Waals surface area contributed by atoms with Gasteiger partial charge in [-0.1, -0.05) is 0 Å². The second kappa shape index (κ2) is 4.50. The Balaban J connectivity index is 2.05. The maximum atomic E-state index is 9.24. The molecule has 3 nitrogen and oxygen atoms in total. The fourth-order valence-corrected chi connectivity index (χ4v) is 2.34. The zero-order valence-corrected chi connectivity index (χ0v) is 9.11. The molecule has 0 radical (unpaired) electrons. The molecule has 0 saturated carbocycles. The first kappa shape index (κ1) is 10.3. The van der Waals surface area contributed by atoms with Crippen LogP contribution in [0.25, 0.3) is 0 Å². The van der Waals surface area contributed by atoms with E-state index in [0.717, 1.165) is 31.5 Å². The Labute approximate surface area is 90.7 Å². The lowest BCUT2D eigenvalue weighted by Crippen LogP contribution is -2.32. The van der Waals surface area contributed by atoms with Gasteiger partial charge < -0.3 is 9.88 Å². The van der Waals surface area contributed by atoms with Crippen molar-refractivity contribution in [2.75, 3.05) is 20.1 Å². The molecule has 80 valence electrons. The van der Waals surface area contributed by atoms with E-state index in [9.17, 15) is 5.26 Å². The number of hydrogen-bond acceptors (Lipinski definition) is 2. The summed E-state index contributed by atoms with van der Waals surface area (Å²) in [7, 11) is 2.15. The first-order chi connectivity index (χ1) is 7.31. The summed E-state index contributed by atoms with van der Waals surface area (Å²) in [5, 5.41) is 9.24. The third kappa shape index (κ3) is 2.21. The summed E-state index contributed by atoms with van der Waals surface area (Å²) in [6.45, 7) is 2.24. The number of nitrogens with one attached hydrogen (secondary N) is 1. The summed E-state index contributed by atoms with van der Waals surface area (Å²) in [5.74, 6) is 0.604. The van der Waals surface area contributed by atoms with E-state index in [1.165, 1.54) is 0 Å². The van der Waals surface area contributed by atoms with Crippen LogP contribution in [0.2, 0.25) is 0 Å². The van der Waals surface area contributed by atoms with Gasteiger partial charge in [-0.3, -0.25) is 0 Å².